The maximum Gasteiger partial charge on any atom is 0.234 e. The van der Waals surface area contributed by atoms with Crippen molar-refractivity contribution < 1.29 is 4.79 Å². The van der Waals surface area contributed by atoms with Crippen molar-refractivity contribution in [2.75, 3.05) is 11.5 Å². The number of nitrogens with two attached hydrogens (primary N) is 1. The van der Waals surface area contributed by atoms with Crippen LogP contribution in [0.4, 0.5) is 0 Å². The van der Waals surface area contributed by atoms with Gasteiger partial charge in [0.25, 0.3) is 0 Å². The van der Waals surface area contributed by atoms with E-state index < -0.39 is 0 Å². The van der Waals surface area contributed by atoms with E-state index in [1.807, 2.05) is 18.7 Å². The summed E-state index contributed by atoms with van der Waals surface area (Å²) in [5.41, 5.74) is 5.15. The van der Waals surface area contributed by atoms with Crippen molar-refractivity contribution in [2.45, 2.75) is 31.8 Å². The van der Waals surface area contributed by atoms with E-state index in [1.54, 1.807) is 0 Å². The average molecular weight is 188 g/mol. The zero-order valence-corrected chi connectivity index (χ0v) is 8.19. The quantitative estimate of drug-likeness (QED) is 0.672. The summed E-state index contributed by atoms with van der Waals surface area (Å²) in [5.74, 6) is 2.14. The standard InChI is InChI=1S/C8H16N2OS/c1-6(8(9)11)10-7-2-4-12-5-3-7/h6-7,10H,2-5H2,1H3,(H2,9,11)/t6-/m1/s1. The molecule has 1 aliphatic heterocycles. The Bertz CT molecular complexity index is 157. The largest absolute Gasteiger partial charge is 0.368 e. The van der Waals surface area contributed by atoms with Crippen molar-refractivity contribution in [3.63, 3.8) is 0 Å². The van der Waals surface area contributed by atoms with Crippen LogP contribution in [0, 0.1) is 0 Å². The van der Waals surface area contributed by atoms with E-state index in [9.17, 15) is 4.79 Å². The molecule has 0 aromatic rings. The molecule has 1 aliphatic rings. The lowest BCUT2D eigenvalue weighted by Crippen LogP contribution is -2.45. The van der Waals surface area contributed by atoms with Gasteiger partial charge >= 0.3 is 0 Å². The molecule has 0 spiro atoms. The Morgan fingerprint density at radius 1 is 1.58 bits per heavy atom. The number of thioether (sulfide) groups is 1. The Kier molecular flexibility index (Phi) is 3.88. The summed E-state index contributed by atoms with van der Waals surface area (Å²) >= 11 is 1.98. The zero-order valence-electron chi connectivity index (χ0n) is 7.38. The second-order valence-electron chi connectivity index (χ2n) is 3.18. The summed E-state index contributed by atoms with van der Waals surface area (Å²) in [6.45, 7) is 1.82. The molecule has 0 aromatic heterocycles. The molecule has 12 heavy (non-hydrogen) atoms. The highest BCUT2D eigenvalue weighted by Crippen LogP contribution is 2.17. The van der Waals surface area contributed by atoms with Crippen molar-refractivity contribution >= 4 is 17.7 Å². The minimum absolute atomic E-state index is 0.182. The number of amides is 1. The molecule has 1 heterocycles. The smallest absolute Gasteiger partial charge is 0.234 e. The lowest BCUT2D eigenvalue weighted by Gasteiger charge is -2.24. The Balaban J connectivity index is 2.24. The molecule has 1 rings (SSSR count). The minimum atomic E-state index is -0.256. The van der Waals surface area contributed by atoms with Crippen molar-refractivity contribution in [1.82, 2.24) is 5.32 Å². The van der Waals surface area contributed by atoms with Crippen molar-refractivity contribution in [2.24, 2.45) is 5.73 Å². The molecule has 1 amide bonds. The first-order valence-electron chi connectivity index (χ1n) is 4.33. The van der Waals surface area contributed by atoms with Gasteiger partial charge in [0.15, 0.2) is 0 Å². The predicted molar refractivity (Wildman–Crippen MR) is 52.1 cm³/mol. The molecule has 0 unspecified atom stereocenters. The van der Waals surface area contributed by atoms with Gasteiger partial charge in [0.05, 0.1) is 6.04 Å². The van der Waals surface area contributed by atoms with Gasteiger partial charge in [0.1, 0.15) is 0 Å². The summed E-state index contributed by atoms with van der Waals surface area (Å²) in [6, 6.07) is 0.312. The number of hydrogen-bond acceptors (Lipinski definition) is 3. The highest BCUT2D eigenvalue weighted by atomic mass is 32.2. The Labute approximate surface area is 77.5 Å². The molecule has 70 valence electrons. The Hall–Kier alpha value is -0.220. The summed E-state index contributed by atoms with van der Waals surface area (Å²) in [5, 5.41) is 3.23. The molecule has 3 N–H and O–H groups in total. The summed E-state index contributed by atoms with van der Waals surface area (Å²) < 4.78 is 0. The van der Waals surface area contributed by atoms with E-state index in [4.69, 9.17) is 5.73 Å². The first kappa shape index (κ1) is 9.86. The molecule has 0 saturated carbocycles. The van der Waals surface area contributed by atoms with E-state index in [0.717, 1.165) is 12.8 Å². The van der Waals surface area contributed by atoms with Crippen LogP contribution in [-0.2, 0) is 4.79 Å². The number of primary amides is 1. The third-order valence-electron chi connectivity index (χ3n) is 2.13. The molecule has 3 nitrogen and oxygen atoms in total. The third-order valence-corrected chi connectivity index (χ3v) is 3.18. The van der Waals surface area contributed by atoms with Crippen LogP contribution in [-0.4, -0.2) is 29.5 Å². The lowest BCUT2D eigenvalue weighted by atomic mass is 10.1. The SMILES string of the molecule is C[C@@H](NC1CCSCC1)C(N)=O. The van der Waals surface area contributed by atoms with Gasteiger partial charge < -0.3 is 11.1 Å². The van der Waals surface area contributed by atoms with Gasteiger partial charge in [0, 0.05) is 6.04 Å². The molecule has 0 bridgehead atoms. The number of carbonyl (C=O) groups excluding carboxylic acids is 1. The third kappa shape index (κ3) is 3.03. The van der Waals surface area contributed by atoms with E-state index in [-0.39, 0.29) is 11.9 Å². The fourth-order valence-electron chi connectivity index (χ4n) is 1.30. The van der Waals surface area contributed by atoms with Gasteiger partial charge in [-0.2, -0.15) is 11.8 Å². The van der Waals surface area contributed by atoms with Crippen LogP contribution in [0.3, 0.4) is 0 Å². The van der Waals surface area contributed by atoms with E-state index >= 15 is 0 Å². The highest BCUT2D eigenvalue weighted by molar-refractivity contribution is 7.99. The minimum Gasteiger partial charge on any atom is -0.368 e. The fourth-order valence-corrected chi connectivity index (χ4v) is 2.41. The molecule has 0 aliphatic carbocycles. The van der Waals surface area contributed by atoms with Gasteiger partial charge in [-0.1, -0.05) is 0 Å². The molecule has 1 saturated heterocycles. The van der Waals surface area contributed by atoms with Crippen molar-refractivity contribution in [1.29, 1.82) is 0 Å². The van der Waals surface area contributed by atoms with Gasteiger partial charge in [0.2, 0.25) is 5.91 Å². The Morgan fingerprint density at radius 3 is 2.67 bits per heavy atom. The van der Waals surface area contributed by atoms with Gasteiger partial charge in [-0.3, -0.25) is 4.79 Å². The molecule has 0 aromatic carbocycles. The number of carbonyl (C=O) groups is 1. The topological polar surface area (TPSA) is 55.1 Å². The maximum absolute atomic E-state index is 10.7. The first-order chi connectivity index (χ1) is 5.70. The molecule has 0 radical (unpaired) electrons. The summed E-state index contributed by atoms with van der Waals surface area (Å²) in [4.78, 5) is 10.7. The van der Waals surface area contributed by atoms with Crippen LogP contribution in [0.25, 0.3) is 0 Å². The number of rotatable bonds is 3. The van der Waals surface area contributed by atoms with E-state index in [2.05, 4.69) is 5.32 Å². The van der Waals surface area contributed by atoms with Crippen LogP contribution in [0.2, 0.25) is 0 Å². The highest BCUT2D eigenvalue weighted by Gasteiger charge is 2.17. The normalized spacial score (nSPS) is 22.1. The molecular weight excluding hydrogens is 172 g/mol. The number of hydrogen-bond donors (Lipinski definition) is 2. The van der Waals surface area contributed by atoms with Crippen molar-refractivity contribution in [3.05, 3.63) is 0 Å². The second-order valence-corrected chi connectivity index (χ2v) is 4.40. The summed E-state index contributed by atoms with van der Waals surface area (Å²) in [6.07, 6.45) is 2.31. The molecule has 1 atom stereocenters. The number of nitrogens with one attached hydrogen (secondary N) is 1. The Morgan fingerprint density at radius 2 is 2.17 bits per heavy atom. The van der Waals surface area contributed by atoms with Crippen molar-refractivity contribution in [3.8, 4) is 0 Å². The molecule has 1 fully saturated rings. The van der Waals surface area contributed by atoms with Gasteiger partial charge in [-0.15, -0.1) is 0 Å². The zero-order chi connectivity index (χ0) is 8.97. The van der Waals surface area contributed by atoms with Gasteiger partial charge in [-0.25, -0.2) is 0 Å². The van der Waals surface area contributed by atoms with Crippen LogP contribution in [0.15, 0.2) is 0 Å². The van der Waals surface area contributed by atoms with Crippen LogP contribution < -0.4 is 11.1 Å². The predicted octanol–water partition coefficient (Wildman–Crippen LogP) is 0.345. The van der Waals surface area contributed by atoms with E-state index in [0.29, 0.717) is 6.04 Å². The monoisotopic (exact) mass is 188 g/mol. The summed E-state index contributed by atoms with van der Waals surface area (Å²) in [7, 11) is 0. The van der Waals surface area contributed by atoms with Crippen LogP contribution >= 0.6 is 11.8 Å². The fraction of sp³-hybridized carbons (Fsp3) is 0.875. The van der Waals surface area contributed by atoms with Crippen LogP contribution in [0.5, 0.6) is 0 Å². The van der Waals surface area contributed by atoms with E-state index in [1.165, 1.54) is 11.5 Å². The second kappa shape index (κ2) is 4.72. The molecular formula is C8H16N2OS. The first-order valence-corrected chi connectivity index (χ1v) is 5.48. The molecule has 4 heteroatoms. The average Bonchev–Trinajstić information content (AvgIpc) is 2.06. The van der Waals surface area contributed by atoms with Crippen LogP contribution in [0.1, 0.15) is 19.8 Å². The maximum atomic E-state index is 10.7. The van der Waals surface area contributed by atoms with Gasteiger partial charge in [-0.05, 0) is 31.3 Å². The lowest BCUT2D eigenvalue weighted by molar-refractivity contribution is -0.119.